The molecular formula is C29H35N5O3S. The van der Waals surface area contributed by atoms with E-state index in [2.05, 4.69) is 45.6 Å². The fourth-order valence-electron chi connectivity index (χ4n) is 4.97. The van der Waals surface area contributed by atoms with E-state index in [0.717, 1.165) is 47.1 Å². The Kier molecular flexibility index (Phi) is 7.38. The molecule has 0 atom stereocenters. The molecule has 38 heavy (non-hydrogen) atoms. The topological polar surface area (TPSA) is 96.0 Å². The van der Waals surface area contributed by atoms with Gasteiger partial charge < -0.3 is 14.6 Å². The number of rotatable bonds is 6. The number of hydrogen-bond donors (Lipinski definition) is 2. The Bertz CT molecular complexity index is 1440. The maximum Gasteiger partial charge on any atom is 0.410 e. The zero-order valence-electron chi connectivity index (χ0n) is 22.4. The summed E-state index contributed by atoms with van der Waals surface area (Å²) in [7, 11) is 0. The number of para-hydroxylation sites is 2. The van der Waals surface area contributed by atoms with E-state index in [1.165, 1.54) is 9.58 Å². The number of amides is 1. The number of H-pyrrole nitrogens is 2. The number of thioether (sulfide) groups is 1. The van der Waals surface area contributed by atoms with Crippen LogP contribution in [0.25, 0.3) is 28.2 Å². The lowest BCUT2D eigenvalue weighted by Crippen LogP contribution is -2.41. The van der Waals surface area contributed by atoms with Crippen LogP contribution in [0.15, 0.2) is 58.2 Å². The van der Waals surface area contributed by atoms with Crippen molar-refractivity contribution in [3.05, 3.63) is 64.4 Å². The second kappa shape index (κ2) is 10.7. The first-order valence-corrected chi connectivity index (χ1v) is 14.4. The summed E-state index contributed by atoms with van der Waals surface area (Å²) < 4.78 is 7.06. The van der Waals surface area contributed by atoms with E-state index in [9.17, 15) is 9.59 Å². The molecule has 2 aromatic heterocycles. The van der Waals surface area contributed by atoms with Gasteiger partial charge in [-0.2, -0.15) is 4.68 Å². The summed E-state index contributed by atoms with van der Waals surface area (Å²) in [5.41, 5.74) is 3.68. The van der Waals surface area contributed by atoms with E-state index in [1.807, 2.05) is 45.0 Å². The summed E-state index contributed by atoms with van der Waals surface area (Å²) in [6.07, 6.45) is 5.14. The van der Waals surface area contributed by atoms with Gasteiger partial charge in [-0.15, -0.1) is 11.8 Å². The third-order valence-corrected chi connectivity index (χ3v) is 7.77. The predicted molar refractivity (Wildman–Crippen MR) is 152 cm³/mol. The van der Waals surface area contributed by atoms with Crippen molar-refractivity contribution >= 4 is 28.9 Å². The van der Waals surface area contributed by atoms with Gasteiger partial charge in [0.1, 0.15) is 5.60 Å². The zero-order chi connectivity index (χ0) is 26.9. The highest BCUT2D eigenvalue weighted by atomic mass is 32.2. The highest BCUT2D eigenvalue weighted by Gasteiger charge is 2.27. The highest BCUT2D eigenvalue weighted by molar-refractivity contribution is 7.98. The van der Waals surface area contributed by atoms with Gasteiger partial charge >= 0.3 is 6.09 Å². The first kappa shape index (κ1) is 26.2. The van der Waals surface area contributed by atoms with Crippen molar-refractivity contribution in [2.75, 3.05) is 19.3 Å². The average molecular weight is 534 g/mol. The Hall–Kier alpha value is -3.46. The molecule has 200 valence electrons. The van der Waals surface area contributed by atoms with Crippen LogP contribution in [0.2, 0.25) is 0 Å². The minimum atomic E-state index is -0.494. The van der Waals surface area contributed by atoms with Crippen LogP contribution in [-0.2, 0) is 11.2 Å². The van der Waals surface area contributed by atoms with Crippen LogP contribution < -0.4 is 5.56 Å². The van der Waals surface area contributed by atoms with Crippen LogP contribution in [0, 0.1) is 5.92 Å². The molecule has 0 radical (unpaired) electrons. The molecule has 0 spiro atoms. The van der Waals surface area contributed by atoms with Crippen LogP contribution in [0.1, 0.15) is 45.6 Å². The number of fused-ring (bicyclic) bond motifs is 1. The van der Waals surface area contributed by atoms with Gasteiger partial charge in [0.05, 0.1) is 16.7 Å². The maximum atomic E-state index is 13.7. The predicted octanol–water partition coefficient (Wildman–Crippen LogP) is 6.01. The van der Waals surface area contributed by atoms with Gasteiger partial charge in [-0.05, 0) is 88.5 Å². The summed E-state index contributed by atoms with van der Waals surface area (Å²) in [6.45, 7) is 7.02. The van der Waals surface area contributed by atoms with Crippen molar-refractivity contribution in [2.45, 2.75) is 57.0 Å². The summed E-state index contributed by atoms with van der Waals surface area (Å²) in [4.78, 5) is 37.0. The number of nitrogens with one attached hydrogen (secondary N) is 2. The number of likely N-dealkylation sites (tertiary alicyclic amines) is 1. The molecule has 1 aliphatic rings. The fraction of sp³-hybridized carbons (Fsp3) is 0.414. The van der Waals surface area contributed by atoms with E-state index in [-0.39, 0.29) is 11.7 Å². The molecule has 0 bridgehead atoms. The molecular weight excluding hydrogens is 498 g/mol. The van der Waals surface area contributed by atoms with Crippen molar-refractivity contribution in [1.82, 2.24) is 24.6 Å². The Balaban J connectivity index is 1.37. The molecule has 1 fully saturated rings. The number of hydrogen-bond acceptors (Lipinski definition) is 5. The Morgan fingerprint density at radius 2 is 1.82 bits per heavy atom. The van der Waals surface area contributed by atoms with Crippen LogP contribution in [0.4, 0.5) is 4.79 Å². The average Bonchev–Trinajstić information content (AvgIpc) is 3.47. The molecule has 2 N–H and O–H groups in total. The number of carbonyl (C=O) groups excluding carboxylic acids is 1. The quantitative estimate of drug-likeness (QED) is 0.296. The number of ether oxygens (including phenoxy) is 1. The molecule has 4 aromatic rings. The third-order valence-electron chi connectivity index (χ3n) is 7.02. The molecule has 5 rings (SSSR count). The molecule has 0 aliphatic carbocycles. The molecule has 3 heterocycles. The number of aromatic amines is 2. The highest BCUT2D eigenvalue weighted by Crippen LogP contribution is 2.28. The number of piperidine rings is 1. The number of benzene rings is 2. The van der Waals surface area contributed by atoms with Gasteiger partial charge in [0.2, 0.25) is 5.95 Å². The normalized spacial score (nSPS) is 14.8. The lowest BCUT2D eigenvalue weighted by atomic mass is 9.90. The van der Waals surface area contributed by atoms with E-state index in [1.54, 1.807) is 16.7 Å². The van der Waals surface area contributed by atoms with E-state index in [4.69, 9.17) is 4.74 Å². The van der Waals surface area contributed by atoms with Crippen LogP contribution >= 0.6 is 11.8 Å². The SMILES string of the molecule is CSc1ccc(-c2[nH]n(-c3nc4ccccc4[nH]3)c(=O)c2CCC2CCN(C(=O)OC(C)(C)C)CC2)cc1. The van der Waals surface area contributed by atoms with Crippen molar-refractivity contribution < 1.29 is 9.53 Å². The first-order chi connectivity index (χ1) is 18.2. The standard InChI is InChI=1S/C29H35N5O3S/c1-29(2,3)37-28(36)33-17-15-19(16-18-33)9-14-22-25(20-10-12-21(38-4)13-11-20)32-34(26(22)35)27-30-23-7-5-6-8-24(23)31-27/h5-8,10-13,19,32H,9,14-18H2,1-4H3,(H,30,31). The molecule has 1 amide bonds. The Morgan fingerprint density at radius 1 is 1.11 bits per heavy atom. The van der Waals surface area contributed by atoms with Gasteiger partial charge in [-0.25, -0.2) is 9.78 Å². The van der Waals surface area contributed by atoms with Crippen LogP contribution in [-0.4, -0.2) is 55.7 Å². The summed E-state index contributed by atoms with van der Waals surface area (Å²) in [6, 6.07) is 16.0. The van der Waals surface area contributed by atoms with Gasteiger partial charge in [-0.1, -0.05) is 24.3 Å². The number of imidazole rings is 1. The molecule has 0 saturated carbocycles. The maximum absolute atomic E-state index is 13.7. The number of carbonyl (C=O) groups is 1. The van der Waals surface area contributed by atoms with E-state index < -0.39 is 5.60 Å². The molecule has 1 saturated heterocycles. The second-order valence-corrected chi connectivity index (χ2v) is 11.7. The number of aromatic nitrogens is 4. The van der Waals surface area contributed by atoms with Gasteiger partial charge in [-0.3, -0.25) is 9.89 Å². The fourth-order valence-corrected chi connectivity index (χ4v) is 5.38. The monoisotopic (exact) mass is 533 g/mol. The van der Waals surface area contributed by atoms with Crippen molar-refractivity contribution in [3.8, 4) is 17.2 Å². The third kappa shape index (κ3) is 5.67. The Labute approximate surface area is 226 Å². The molecule has 2 aromatic carbocycles. The van der Waals surface area contributed by atoms with Crippen LogP contribution in [0.5, 0.6) is 0 Å². The van der Waals surface area contributed by atoms with Crippen molar-refractivity contribution in [2.24, 2.45) is 5.92 Å². The molecule has 1 aliphatic heterocycles. The Morgan fingerprint density at radius 3 is 2.47 bits per heavy atom. The zero-order valence-corrected chi connectivity index (χ0v) is 23.2. The molecule has 8 nitrogen and oxygen atoms in total. The molecule has 0 unspecified atom stereocenters. The minimum Gasteiger partial charge on any atom is -0.444 e. The van der Waals surface area contributed by atoms with Crippen molar-refractivity contribution in [1.29, 1.82) is 0 Å². The number of nitrogens with zero attached hydrogens (tertiary/aromatic N) is 3. The summed E-state index contributed by atoms with van der Waals surface area (Å²) in [5.74, 6) is 0.921. The van der Waals surface area contributed by atoms with E-state index >= 15 is 0 Å². The second-order valence-electron chi connectivity index (χ2n) is 10.9. The largest absolute Gasteiger partial charge is 0.444 e. The summed E-state index contributed by atoms with van der Waals surface area (Å²) in [5, 5.41) is 3.35. The molecule has 9 heteroatoms. The van der Waals surface area contributed by atoms with Gasteiger partial charge in [0.25, 0.3) is 5.56 Å². The van der Waals surface area contributed by atoms with Crippen molar-refractivity contribution in [3.63, 3.8) is 0 Å². The van der Waals surface area contributed by atoms with Gasteiger partial charge in [0, 0.05) is 23.5 Å². The lowest BCUT2D eigenvalue weighted by Gasteiger charge is -2.33. The van der Waals surface area contributed by atoms with Crippen LogP contribution in [0.3, 0.4) is 0 Å². The van der Waals surface area contributed by atoms with Gasteiger partial charge in [0.15, 0.2) is 0 Å². The smallest absolute Gasteiger partial charge is 0.410 e. The lowest BCUT2D eigenvalue weighted by molar-refractivity contribution is 0.0181. The van der Waals surface area contributed by atoms with E-state index in [0.29, 0.717) is 31.4 Å². The summed E-state index contributed by atoms with van der Waals surface area (Å²) >= 11 is 1.69. The minimum absolute atomic E-state index is 0.0841. The first-order valence-electron chi connectivity index (χ1n) is 13.1.